The summed E-state index contributed by atoms with van der Waals surface area (Å²) in [7, 11) is 0. The Hall–Kier alpha value is -0.790. The molecule has 0 radical (unpaired) electrons. The second-order valence-electron chi connectivity index (χ2n) is 4.95. The molecule has 72 valence electrons. The van der Waals surface area contributed by atoms with E-state index in [9.17, 15) is 0 Å². The van der Waals surface area contributed by atoms with Crippen LogP contribution in [0.25, 0.3) is 0 Å². The maximum Gasteiger partial charge on any atom is 0.0680 e. The maximum absolute atomic E-state index is 4.64. The number of hydrogen-bond donors (Lipinski definition) is 0. The third-order valence-corrected chi connectivity index (χ3v) is 2.68. The van der Waals surface area contributed by atoms with E-state index in [1.165, 1.54) is 30.7 Å². The van der Waals surface area contributed by atoms with E-state index in [-0.39, 0.29) is 5.41 Å². The van der Waals surface area contributed by atoms with Crippen molar-refractivity contribution in [2.24, 2.45) is 0 Å². The Balaban J connectivity index is 2.36. The van der Waals surface area contributed by atoms with Gasteiger partial charge in [0.15, 0.2) is 0 Å². The molecule has 2 nitrogen and oxygen atoms in total. The molecule has 0 spiro atoms. The fourth-order valence-electron chi connectivity index (χ4n) is 1.78. The average Bonchev–Trinajstić information content (AvgIpc) is 2.45. The van der Waals surface area contributed by atoms with Crippen LogP contribution in [0.4, 0.5) is 0 Å². The molecule has 0 N–H and O–H groups in total. The summed E-state index contributed by atoms with van der Waals surface area (Å²) in [5.41, 5.74) is 2.87. The Morgan fingerprint density at radius 1 is 1.31 bits per heavy atom. The molecule has 13 heavy (non-hydrogen) atoms. The van der Waals surface area contributed by atoms with Gasteiger partial charge in [-0.1, -0.05) is 20.8 Å². The van der Waals surface area contributed by atoms with Gasteiger partial charge in [0.1, 0.15) is 0 Å². The van der Waals surface area contributed by atoms with Crippen molar-refractivity contribution in [1.82, 2.24) is 9.78 Å². The highest BCUT2D eigenvalue weighted by Crippen LogP contribution is 2.24. The molecule has 0 saturated heterocycles. The summed E-state index contributed by atoms with van der Waals surface area (Å²) in [5.74, 6) is 0. The molecule has 1 aromatic heterocycles. The molecular weight excluding hydrogens is 160 g/mol. The van der Waals surface area contributed by atoms with Crippen LogP contribution >= 0.6 is 0 Å². The fraction of sp³-hybridized carbons (Fsp3) is 0.727. The summed E-state index contributed by atoms with van der Waals surface area (Å²) in [4.78, 5) is 0. The van der Waals surface area contributed by atoms with Crippen molar-refractivity contribution in [1.29, 1.82) is 0 Å². The van der Waals surface area contributed by atoms with Crippen molar-refractivity contribution in [2.75, 3.05) is 0 Å². The quantitative estimate of drug-likeness (QED) is 0.597. The minimum atomic E-state index is 0.199. The van der Waals surface area contributed by atoms with Crippen molar-refractivity contribution in [3.05, 3.63) is 17.5 Å². The van der Waals surface area contributed by atoms with Crippen molar-refractivity contribution in [3.8, 4) is 0 Å². The van der Waals surface area contributed by atoms with Gasteiger partial charge < -0.3 is 0 Å². The number of fused-ring (bicyclic) bond motifs is 1. The average molecular weight is 178 g/mol. The number of nitrogens with zero attached hydrogens (tertiary/aromatic N) is 2. The summed E-state index contributed by atoms with van der Waals surface area (Å²) in [6.07, 6.45) is 3.83. The van der Waals surface area contributed by atoms with Gasteiger partial charge in [0, 0.05) is 17.7 Å². The van der Waals surface area contributed by atoms with Gasteiger partial charge in [-0.25, -0.2) is 0 Å². The second-order valence-corrected chi connectivity index (χ2v) is 4.95. The third kappa shape index (κ3) is 1.62. The van der Waals surface area contributed by atoms with Crippen LogP contribution in [0.2, 0.25) is 0 Å². The molecule has 0 aliphatic carbocycles. The standard InChI is InChI=1S/C11H18N2/c1-11(2,3)10-8-9-6-4-5-7-13(9)12-10/h8H,4-7H2,1-3H3. The Kier molecular flexibility index (Phi) is 1.94. The predicted molar refractivity (Wildman–Crippen MR) is 53.9 cm³/mol. The molecule has 1 aliphatic rings. The summed E-state index contributed by atoms with van der Waals surface area (Å²) < 4.78 is 2.18. The lowest BCUT2D eigenvalue weighted by Gasteiger charge is -2.14. The summed E-state index contributed by atoms with van der Waals surface area (Å²) in [5, 5.41) is 4.64. The first-order valence-electron chi connectivity index (χ1n) is 5.14. The number of aryl methyl sites for hydroxylation is 2. The van der Waals surface area contributed by atoms with Crippen LogP contribution in [-0.2, 0) is 18.4 Å². The Morgan fingerprint density at radius 2 is 2.08 bits per heavy atom. The van der Waals surface area contributed by atoms with Gasteiger partial charge in [-0.05, 0) is 25.3 Å². The molecule has 0 amide bonds. The van der Waals surface area contributed by atoms with Crippen molar-refractivity contribution < 1.29 is 0 Å². The summed E-state index contributed by atoms with van der Waals surface area (Å²) in [6, 6.07) is 2.28. The highest BCUT2D eigenvalue weighted by atomic mass is 15.3. The zero-order valence-electron chi connectivity index (χ0n) is 8.80. The number of hydrogen-bond acceptors (Lipinski definition) is 1. The SMILES string of the molecule is CC(C)(C)c1cc2n(n1)CCCC2. The highest BCUT2D eigenvalue weighted by Gasteiger charge is 2.20. The van der Waals surface area contributed by atoms with E-state index in [0.717, 1.165) is 6.54 Å². The molecule has 1 aliphatic heterocycles. The highest BCUT2D eigenvalue weighted by molar-refractivity contribution is 5.18. The molecule has 0 bridgehead atoms. The molecule has 2 heteroatoms. The van der Waals surface area contributed by atoms with E-state index in [1.54, 1.807) is 0 Å². The molecule has 0 atom stereocenters. The van der Waals surface area contributed by atoms with E-state index < -0.39 is 0 Å². The molecular formula is C11H18N2. The first kappa shape index (κ1) is 8.79. The Morgan fingerprint density at radius 3 is 2.69 bits per heavy atom. The van der Waals surface area contributed by atoms with Gasteiger partial charge in [0.2, 0.25) is 0 Å². The van der Waals surface area contributed by atoms with Crippen molar-refractivity contribution in [3.63, 3.8) is 0 Å². The van der Waals surface area contributed by atoms with E-state index in [2.05, 4.69) is 36.6 Å². The molecule has 0 aromatic carbocycles. The molecule has 0 saturated carbocycles. The van der Waals surface area contributed by atoms with Gasteiger partial charge in [-0.3, -0.25) is 4.68 Å². The lowest BCUT2D eigenvalue weighted by atomic mass is 9.92. The van der Waals surface area contributed by atoms with Gasteiger partial charge in [-0.2, -0.15) is 5.10 Å². The summed E-state index contributed by atoms with van der Waals surface area (Å²) in [6.45, 7) is 7.79. The normalized spacial score (nSPS) is 17.2. The smallest absolute Gasteiger partial charge is 0.0680 e. The molecule has 0 unspecified atom stereocenters. The van der Waals surface area contributed by atoms with Crippen molar-refractivity contribution in [2.45, 2.75) is 52.0 Å². The van der Waals surface area contributed by atoms with Crippen LogP contribution < -0.4 is 0 Å². The van der Waals surface area contributed by atoms with Gasteiger partial charge in [-0.15, -0.1) is 0 Å². The lowest BCUT2D eigenvalue weighted by molar-refractivity contribution is 0.470. The topological polar surface area (TPSA) is 17.8 Å². The maximum atomic E-state index is 4.64. The van der Waals surface area contributed by atoms with E-state index in [0.29, 0.717) is 0 Å². The van der Waals surface area contributed by atoms with Crippen molar-refractivity contribution >= 4 is 0 Å². The predicted octanol–water partition coefficient (Wildman–Crippen LogP) is 2.52. The van der Waals surface area contributed by atoms with Crippen LogP contribution in [-0.4, -0.2) is 9.78 Å². The van der Waals surface area contributed by atoms with E-state index >= 15 is 0 Å². The Bertz CT molecular complexity index is 281. The van der Waals surface area contributed by atoms with Crippen LogP contribution in [0.3, 0.4) is 0 Å². The first-order chi connectivity index (χ1) is 6.07. The minimum Gasteiger partial charge on any atom is -0.269 e. The zero-order chi connectivity index (χ0) is 9.47. The van der Waals surface area contributed by atoms with Crippen LogP contribution in [0.5, 0.6) is 0 Å². The molecule has 0 fully saturated rings. The fourth-order valence-corrected chi connectivity index (χ4v) is 1.78. The molecule has 2 rings (SSSR count). The lowest BCUT2D eigenvalue weighted by Crippen LogP contribution is -2.14. The van der Waals surface area contributed by atoms with Gasteiger partial charge in [0.25, 0.3) is 0 Å². The third-order valence-electron chi connectivity index (χ3n) is 2.68. The Labute approximate surface area is 80.0 Å². The minimum absolute atomic E-state index is 0.199. The zero-order valence-corrected chi connectivity index (χ0v) is 8.80. The van der Waals surface area contributed by atoms with E-state index in [4.69, 9.17) is 0 Å². The first-order valence-corrected chi connectivity index (χ1v) is 5.14. The summed E-state index contributed by atoms with van der Waals surface area (Å²) >= 11 is 0. The second kappa shape index (κ2) is 2.86. The van der Waals surface area contributed by atoms with E-state index in [1.807, 2.05) is 0 Å². The van der Waals surface area contributed by atoms with Gasteiger partial charge in [0.05, 0.1) is 5.69 Å². The largest absolute Gasteiger partial charge is 0.269 e. The van der Waals surface area contributed by atoms with Crippen LogP contribution in [0.1, 0.15) is 45.0 Å². The van der Waals surface area contributed by atoms with Crippen LogP contribution in [0.15, 0.2) is 6.07 Å². The number of rotatable bonds is 0. The molecule has 1 aromatic rings. The van der Waals surface area contributed by atoms with Crippen LogP contribution in [0, 0.1) is 0 Å². The molecule has 2 heterocycles. The van der Waals surface area contributed by atoms with Gasteiger partial charge >= 0.3 is 0 Å². The monoisotopic (exact) mass is 178 g/mol. The number of aromatic nitrogens is 2.